The highest BCUT2D eigenvalue weighted by Crippen LogP contribution is 2.23. The second-order valence-electron chi connectivity index (χ2n) is 6.79. The average molecular weight is 457 g/mol. The van der Waals surface area contributed by atoms with Gasteiger partial charge >= 0.3 is 16.3 Å². The number of benzene rings is 2. The van der Waals surface area contributed by atoms with Crippen LogP contribution in [-0.4, -0.2) is 34.0 Å². The Labute approximate surface area is 180 Å². The van der Waals surface area contributed by atoms with E-state index in [1.54, 1.807) is 24.3 Å². The highest BCUT2D eigenvalue weighted by atomic mass is 32.3. The maximum absolute atomic E-state index is 13.4. The number of nitrogen functional groups attached to an aromatic ring is 1. The number of carbonyl (C=O) groups excluding carboxylic acids is 1. The number of nitrogens with zero attached hydrogens (tertiary/aromatic N) is 3. The van der Waals surface area contributed by atoms with Crippen molar-refractivity contribution < 1.29 is 17.1 Å². The molecule has 0 aliphatic rings. The van der Waals surface area contributed by atoms with Gasteiger partial charge in [-0.2, -0.15) is 13.4 Å². The fraction of sp³-hybridized carbons (Fsp3) is 0.0526. The Kier molecular flexibility index (Phi) is 5.10. The number of aromatic amines is 1. The quantitative estimate of drug-likeness (QED) is 0.341. The fourth-order valence-corrected chi connectivity index (χ4v) is 3.80. The number of aryl methyl sites for hydroxylation is 1. The van der Waals surface area contributed by atoms with Crippen LogP contribution < -0.4 is 21.9 Å². The molecule has 0 atom stereocenters. The van der Waals surface area contributed by atoms with Crippen molar-refractivity contribution in [2.45, 2.75) is 11.8 Å². The highest BCUT2D eigenvalue weighted by Gasteiger charge is 2.17. The standard InChI is InChI=1S/C19H16FN7O4S/c1-10-5-6-12(8-14(10)32(20,30)31)24-19(29)23-11-3-2-4-13(7-11)27-9-22-15-16(27)25-18(21)26-17(15)28/h2-9H,1H3,(H2,23,24,29)(H3,21,25,26,28). The van der Waals surface area contributed by atoms with Crippen molar-refractivity contribution in [2.75, 3.05) is 16.4 Å². The number of nitrogens with two attached hydrogens (primary N) is 1. The second kappa shape index (κ2) is 7.77. The number of fused-ring (bicyclic) bond motifs is 1. The minimum atomic E-state index is -4.93. The van der Waals surface area contributed by atoms with Gasteiger partial charge in [-0.05, 0) is 42.8 Å². The molecule has 4 aromatic rings. The molecule has 0 spiro atoms. The lowest BCUT2D eigenvalue weighted by atomic mass is 10.2. The van der Waals surface area contributed by atoms with Crippen LogP contribution in [0.15, 0.2) is 58.5 Å². The molecule has 0 aliphatic carbocycles. The summed E-state index contributed by atoms with van der Waals surface area (Å²) in [7, 11) is -4.93. The third kappa shape index (κ3) is 4.13. The Hall–Kier alpha value is -4.26. The molecule has 0 radical (unpaired) electrons. The van der Waals surface area contributed by atoms with Crippen molar-refractivity contribution in [3.8, 4) is 5.69 Å². The van der Waals surface area contributed by atoms with Gasteiger partial charge in [-0.25, -0.2) is 9.78 Å². The number of imidazole rings is 1. The van der Waals surface area contributed by atoms with Crippen molar-refractivity contribution in [1.29, 1.82) is 0 Å². The lowest BCUT2D eigenvalue weighted by Gasteiger charge is -2.11. The molecular weight excluding hydrogens is 441 g/mol. The van der Waals surface area contributed by atoms with E-state index in [2.05, 4.69) is 25.6 Å². The molecule has 0 bridgehead atoms. The van der Waals surface area contributed by atoms with Crippen LogP contribution in [0.1, 0.15) is 5.56 Å². The van der Waals surface area contributed by atoms with Crippen molar-refractivity contribution in [3.63, 3.8) is 0 Å². The summed E-state index contributed by atoms with van der Waals surface area (Å²) in [6.45, 7) is 1.44. The van der Waals surface area contributed by atoms with Crippen LogP contribution in [0.5, 0.6) is 0 Å². The van der Waals surface area contributed by atoms with Gasteiger partial charge in [-0.15, -0.1) is 3.89 Å². The molecule has 164 valence electrons. The lowest BCUT2D eigenvalue weighted by Crippen LogP contribution is -2.19. The van der Waals surface area contributed by atoms with E-state index in [1.165, 1.54) is 30.0 Å². The maximum atomic E-state index is 13.4. The summed E-state index contributed by atoms with van der Waals surface area (Å²) in [6, 6.07) is 9.77. The molecule has 13 heteroatoms. The zero-order valence-corrected chi connectivity index (χ0v) is 17.3. The van der Waals surface area contributed by atoms with Gasteiger partial charge in [0.05, 0.1) is 5.69 Å². The van der Waals surface area contributed by atoms with Gasteiger partial charge in [0.15, 0.2) is 11.2 Å². The van der Waals surface area contributed by atoms with Gasteiger partial charge in [0, 0.05) is 11.4 Å². The van der Waals surface area contributed by atoms with E-state index in [9.17, 15) is 21.9 Å². The largest absolute Gasteiger partial charge is 0.369 e. The number of anilines is 3. The third-order valence-corrected chi connectivity index (χ3v) is 5.48. The molecule has 2 aromatic carbocycles. The number of rotatable bonds is 4. The van der Waals surface area contributed by atoms with Crippen LogP contribution in [-0.2, 0) is 10.2 Å². The van der Waals surface area contributed by atoms with Gasteiger partial charge in [0.1, 0.15) is 11.2 Å². The van der Waals surface area contributed by atoms with Crippen LogP contribution in [0.4, 0.5) is 26.0 Å². The highest BCUT2D eigenvalue weighted by molar-refractivity contribution is 7.86. The third-order valence-electron chi connectivity index (χ3n) is 4.52. The fourth-order valence-electron chi connectivity index (χ4n) is 3.08. The molecule has 0 fully saturated rings. The Bertz CT molecular complexity index is 1530. The summed E-state index contributed by atoms with van der Waals surface area (Å²) >= 11 is 0. The predicted octanol–water partition coefficient (Wildman–Crippen LogP) is 2.30. The summed E-state index contributed by atoms with van der Waals surface area (Å²) in [6.07, 6.45) is 1.40. The summed E-state index contributed by atoms with van der Waals surface area (Å²) in [4.78, 5) is 34.3. The van der Waals surface area contributed by atoms with Crippen LogP contribution in [0.3, 0.4) is 0 Å². The summed E-state index contributed by atoms with van der Waals surface area (Å²) in [5.74, 6) is -0.0642. The number of hydrogen-bond donors (Lipinski definition) is 4. The van der Waals surface area contributed by atoms with E-state index < -0.39 is 26.7 Å². The number of amides is 2. The number of nitrogens with one attached hydrogen (secondary N) is 3. The number of urea groups is 1. The van der Waals surface area contributed by atoms with Crippen molar-refractivity contribution in [2.24, 2.45) is 0 Å². The molecule has 32 heavy (non-hydrogen) atoms. The zero-order valence-electron chi connectivity index (χ0n) is 16.5. The van der Waals surface area contributed by atoms with Gasteiger partial charge < -0.3 is 16.4 Å². The molecule has 11 nitrogen and oxygen atoms in total. The normalized spacial score (nSPS) is 11.4. The van der Waals surface area contributed by atoms with Gasteiger partial charge in [-0.1, -0.05) is 12.1 Å². The van der Waals surface area contributed by atoms with Gasteiger partial charge in [-0.3, -0.25) is 14.3 Å². The maximum Gasteiger partial charge on any atom is 0.332 e. The summed E-state index contributed by atoms with van der Waals surface area (Å²) in [5, 5.41) is 5.05. The van der Waals surface area contributed by atoms with Gasteiger partial charge in [0.2, 0.25) is 5.95 Å². The topological polar surface area (TPSA) is 165 Å². The number of carbonyl (C=O) groups is 1. The Balaban J connectivity index is 1.58. The van der Waals surface area contributed by atoms with Crippen molar-refractivity contribution in [1.82, 2.24) is 19.5 Å². The lowest BCUT2D eigenvalue weighted by molar-refractivity contribution is 0.262. The Morgan fingerprint density at radius 1 is 1.16 bits per heavy atom. The molecule has 0 aliphatic heterocycles. The minimum absolute atomic E-state index is 0.0642. The SMILES string of the molecule is Cc1ccc(NC(=O)Nc2cccc(-n3cnc4c(=O)[nH]c(N)nc43)c2)cc1S(=O)(=O)F. The van der Waals surface area contributed by atoms with E-state index in [0.29, 0.717) is 11.4 Å². The average Bonchev–Trinajstić information content (AvgIpc) is 3.13. The van der Waals surface area contributed by atoms with Crippen molar-refractivity contribution in [3.05, 3.63) is 64.7 Å². The number of hydrogen-bond acceptors (Lipinski definition) is 7. The zero-order chi connectivity index (χ0) is 23.0. The monoisotopic (exact) mass is 457 g/mol. The van der Waals surface area contributed by atoms with E-state index >= 15 is 0 Å². The first kappa shape index (κ1) is 21.0. The molecule has 2 heterocycles. The van der Waals surface area contributed by atoms with E-state index in [1.807, 2.05) is 0 Å². The first-order valence-corrected chi connectivity index (χ1v) is 10.5. The van der Waals surface area contributed by atoms with E-state index in [-0.39, 0.29) is 28.4 Å². The smallest absolute Gasteiger partial charge is 0.332 e. The molecular formula is C19H16FN7O4S. The van der Waals surface area contributed by atoms with Crippen LogP contribution >= 0.6 is 0 Å². The molecule has 4 rings (SSSR count). The number of halogens is 1. The van der Waals surface area contributed by atoms with Crippen LogP contribution in [0, 0.1) is 6.92 Å². The molecule has 2 amide bonds. The molecule has 5 N–H and O–H groups in total. The Morgan fingerprint density at radius 3 is 2.59 bits per heavy atom. The predicted molar refractivity (Wildman–Crippen MR) is 116 cm³/mol. The summed E-state index contributed by atoms with van der Waals surface area (Å²) in [5.41, 5.74) is 6.72. The Morgan fingerprint density at radius 2 is 1.88 bits per heavy atom. The minimum Gasteiger partial charge on any atom is -0.369 e. The van der Waals surface area contributed by atoms with Crippen molar-refractivity contribution >= 4 is 44.7 Å². The molecule has 0 saturated heterocycles. The molecule has 2 aromatic heterocycles. The van der Waals surface area contributed by atoms with Crippen LogP contribution in [0.2, 0.25) is 0 Å². The molecule has 0 unspecified atom stereocenters. The first-order chi connectivity index (χ1) is 15.1. The van der Waals surface area contributed by atoms with Gasteiger partial charge in [0.25, 0.3) is 5.56 Å². The second-order valence-corrected chi connectivity index (χ2v) is 8.10. The van der Waals surface area contributed by atoms with Crippen LogP contribution in [0.25, 0.3) is 16.9 Å². The molecule has 0 saturated carbocycles. The summed E-state index contributed by atoms with van der Waals surface area (Å²) < 4.78 is 37.4. The van der Waals surface area contributed by atoms with E-state index in [0.717, 1.165) is 6.07 Å². The van der Waals surface area contributed by atoms with E-state index in [4.69, 9.17) is 5.73 Å². The first-order valence-electron chi connectivity index (χ1n) is 9.08. The number of H-pyrrole nitrogens is 1. The number of aromatic nitrogens is 4.